The van der Waals surface area contributed by atoms with Crippen LogP contribution in [0.25, 0.3) is 0 Å². The number of hydrogen-bond acceptors (Lipinski definition) is 4. The Hall–Kier alpha value is -2.60. The lowest BCUT2D eigenvalue weighted by Crippen LogP contribution is -2.41. The van der Waals surface area contributed by atoms with Gasteiger partial charge in [0.15, 0.2) is 5.17 Å². The van der Waals surface area contributed by atoms with Crippen LogP contribution in [0.1, 0.15) is 42.9 Å². The van der Waals surface area contributed by atoms with E-state index in [4.69, 9.17) is 0 Å². The van der Waals surface area contributed by atoms with Crippen LogP contribution in [0, 0.1) is 13.8 Å². The molecular weight excluding hydrogens is 370 g/mol. The van der Waals surface area contributed by atoms with Crippen molar-refractivity contribution in [1.29, 1.82) is 0 Å². The van der Waals surface area contributed by atoms with Gasteiger partial charge in [-0.3, -0.25) is 9.59 Å². The first-order chi connectivity index (χ1) is 13.3. The third-order valence-electron chi connectivity index (χ3n) is 4.73. The molecule has 1 saturated heterocycles. The Balaban J connectivity index is 1.71. The Morgan fingerprint density at radius 2 is 1.86 bits per heavy atom. The van der Waals surface area contributed by atoms with Crippen molar-refractivity contribution < 1.29 is 9.59 Å². The smallest absolute Gasteiger partial charge is 0.238 e. The molecule has 28 heavy (non-hydrogen) atoms. The molecule has 5 nitrogen and oxygen atoms in total. The summed E-state index contributed by atoms with van der Waals surface area (Å²) in [6.07, 6.45) is 0.131. The Morgan fingerprint density at radius 1 is 1.14 bits per heavy atom. The van der Waals surface area contributed by atoms with Gasteiger partial charge in [-0.2, -0.15) is 0 Å². The summed E-state index contributed by atoms with van der Waals surface area (Å²) in [5.41, 5.74) is 5.02. The van der Waals surface area contributed by atoms with Gasteiger partial charge in [0.2, 0.25) is 11.8 Å². The summed E-state index contributed by atoms with van der Waals surface area (Å²) < 4.78 is 0. The number of aryl methyl sites for hydroxylation is 2. The number of benzene rings is 2. The molecule has 0 aliphatic carbocycles. The normalized spacial score (nSPS) is 18.2. The van der Waals surface area contributed by atoms with Gasteiger partial charge >= 0.3 is 0 Å². The van der Waals surface area contributed by atoms with Crippen LogP contribution >= 0.6 is 11.8 Å². The molecule has 1 aliphatic rings. The highest BCUT2D eigenvalue weighted by Crippen LogP contribution is 2.26. The molecule has 0 radical (unpaired) electrons. The van der Waals surface area contributed by atoms with Gasteiger partial charge < -0.3 is 10.6 Å². The molecule has 1 fully saturated rings. The summed E-state index contributed by atoms with van der Waals surface area (Å²) >= 11 is 1.28. The number of rotatable bonds is 4. The minimum absolute atomic E-state index is 0.131. The van der Waals surface area contributed by atoms with Gasteiger partial charge in [0, 0.05) is 12.1 Å². The zero-order chi connectivity index (χ0) is 20.3. The van der Waals surface area contributed by atoms with Crippen LogP contribution in [-0.4, -0.2) is 22.2 Å². The topological polar surface area (TPSA) is 70.6 Å². The third-order valence-corrected chi connectivity index (χ3v) is 5.81. The van der Waals surface area contributed by atoms with Crippen molar-refractivity contribution >= 4 is 40.1 Å². The van der Waals surface area contributed by atoms with E-state index in [0.29, 0.717) is 11.1 Å². The van der Waals surface area contributed by atoms with Gasteiger partial charge in [0.05, 0.1) is 5.69 Å². The van der Waals surface area contributed by atoms with E-state index < -0.39 is 5.25 Å². The SMILES string of the molecule is Cc1ccc(N=C2NC(=O)C[C@H](C(=O)Nc3ccc(C(C)C)cc3)S2)cc1C. The van der Waals surface area contributed by atoms with Gasteiger partial charge in [-0.15, -0.1) is 0 Å². The molecule has 0 unspecified atom stereocenters. The van der Waals surface area contributed by atoms with E-state index in [9.17, 15) is 9.59 Å². The molecule has 2 aromatic carbocycles. The van der Waals surface area contributed by atoms with Crippen LogP contribution in [0.5, 0.6) is 0 Å². The van der Waals surface area contributed by atoms with Crippen LogP contribution in [0.15, 0.2) is 47.5 Å². The number of carbonyl (C=O) groups excluding carboxylic acids is 2. The first kappa shape index (κ1) is 20.1. The van der Waals surface area contributed by atoms with E-state index in [1.165, 1.54) is 22.9 Å². The lowest BCUT2D eigenvalue weighted by atomic mass is 10.0. The highest BCUT2D eigenvalue weighted by atomic mass is 32.2. The number of aliphatic imine (C=N–C) groups is 1. The van der Waals surface area contributed by atoms with Crippen molar-refractivity contribution in [2.45, 2.75) is 45.3 Å². The second-order valence-corrected chi connectivity index (χ2v) is 8.50. The van der Waals surface area contributed by atoms with Crippen molar-refractivity contribution in [3.05, 3.63) is 59.2 Å². The zero-order valence-corrected chi connectivity index (χ0v) is 17.4. The van der Waals surface area contributed by atoms with Crippen LogP contribution in [0.4, 0.5) is 11.4 Å². The molecule has 6 heteroatoms. The molecule has 1 atom stereocenters. The predicted molar refractivity (Wildman–Crippen MR) is 116 cm³/mol. The number of anilines is 1. The molecule has 146 valence electrons. The molecule has 2 aromatic rings. The second kappa shape index (κ2) is 8.61. The highest BCUT2D eigenvalue weighted by Gasteiger charge is 2.30. The van der Waals surface area contributed by atoms with Crippen molar-refractivity contribution in [2.75, 3.05) is 5.32 Å². The molecule has 0 spiro atoms. The Morgan fingerprint density at radius 3 is 2.50 bits per heavy atom. The van der Waals surface area contributed by atoms with Crippen molar-refractivity contribution in [3.63, 3.8) is 0 Å². The average Bonchev–Trinajstić information content (AvgIpc) is 2.64. The van der Waals surface area contributed by atoms with Crippen molar-refractivity contribution in [2.24, 2.45) is 4.99 Å². The van der Waals surface area contributed by atoms with Crippen LogP contribution in [-0.2, 0) is 9.59 Å². The van der Waals surface area contributed by atoms with Crippen LogP contribution in [0.2, 0.25) is 0 Å². The minimum Gasteiger partial charge on any atom is -0.325 e. The molecular formula is C22H25N3O2S. The van der Waals surface area contributed by atoms with Crippen LogP contribution in [0.3, 0.4) is 0 Å². The fourth-order valence-corrected chi connectivity index (χ4v) is 3.83. The molecule has 2 amide bonds. The number of nitrogens with zero attached hydrogens (tertiary/aromatic N) is 1. The Bertz CT molecular complexity index is 920. The predicted octanol–water partition coefficient (Wildman–Crippen LogP) is 4.67. The molecule has 2 N–H and O–H groups in total. The minimum atomic E-state index is -0.510. The van der Waals surface area contributed by atoms with E-state index in [2.05, 4.69) is 29.5 Å². The Labute approximate surface area is 170 Å². The quantitative estimate of drug-likeness (QED) is 0.790. The van der Waals surface area contributed by atoms with E-state index in [-0.39, 0.29) is 18.2 Å². The lowest BCUT2D eigenvalue weighted by Gasteiger charge is -2.22. The number of nitrogens with one attached hydrogen (secondary N) is 2. The monoisotopic (exact) mass is 395 g/mol. The van der Waals surface area contributed by atoms with Crippen molar-refractivity contribution in [1.82, 2.24) is 5.32 Å². The summed E-state index contributed by atoms with van der Waals surface area (Å²) in [4.78, 5) is 29.3. The van der Waals surface area contributed by atoms with E-state index in [1.807, 2.05) is 56.3 Å². The zero-order valence-electron chi connectivity index (χ0n) is 16.6. The number of amides is 2. The first-order valence-electron chi connectivity index (χ1n) is 9.35. The molecule has 1 heterocycles. The first-order valence-corrected chi connectivity index (χ1v) is 10.2. The van der Waals surface area contributed by atoms with Gasteiger partial charge in [-0.1, -0.05) is 43.8 Å². The van der Waals surface area contributed by atoms with Gasteiger partial charge in [0.1, 0.15) is 5.25 Å². The maximum atomic E-state index is 12.7. The number of hydrogen-bond donors (Lipinski definition) is 2. The summed E-state index contributed by atoms with van der Waals surface area (Å²) in [5, 5.41) is 5.61. The van der Waals surface area contributed by atoms with Crippen LogP contribution < -0.4 is 10.6 Å². The van der Waals surface area contributed by atoms with E-state index in [1.54, 1.807) is 0 Å². The second-order valence-electron chi connectivity index (χ2n) is 7.31. The number of amidine groups is 1. The molecule has 0 saturated carbocycles. The summed E-state index contributed by atoms with van der Waals surface area (Å²) in [7, 11) is 0. The fourth-order valence-electron chi connectivity index (χ4n) is 2.83. The average molecular weight is 396 g/mol. The van der Waals surface area contributed by atoms with Gasteiger partial charge in [-0.05, 0) is 60.7 Å². The third kappa shape index (κ3) is 5.01. The van der Waals surface area contributed by atoms with Crippen molar-refractivity contribution in [3.8, 4) is 0 Å². The summed E-state index contributed by atoms with van der Waals surface area (Å²) in [6.45, 7) is 8.31. The largest absolute Gasteiger partial charge is 0.325 e. The van der Waals surface area contributed by atoms with Gasteiger partial charge in [0.25, 0.3) is 0 Å². The molecule has 0 aromatic heterocycles. The highest BCUT2D eigenvalue weighted by molar-refractivity contribution is 8.15. The fraction of sp³-hybridized carbons (Fsp3) is 0.318. The molecule has 0 bridgehead atoms. The number of thioether (sulfide) groups is 1. The van der Waals surface area contributed by atoms with Gasteiger partial charge in [-0.25, -0.2) is 4.99 Å². The van der Waals surface area contributed by atoms with E-state index in [0.717, 1.165) is 16.9 Å². The number of carbonyl (C=O) groups is 2. The standard InChI is InChI=1S/C22H25N3O2S/c1-13(2)16-6-9-17(10-7-16)23-21(27)19-12-20(26)25-22(28-19)24-18-8-5-14(3)15(4)11-18/h5-11,13,19H,12H2,1-4H3,(H,23,27)(H,24,25,26)/t19-/m1/s1. The maximum absolute atomic E-state index is 12.7. The summed E-state index contributed by atoms with van der Waals surface area (Å²) in [5.74, 6) is 0.0492. The summed E-state index contributed by atoms with van der Waals surface area (Å²) in [6, 6.07) is 13.7. The Kier molecular flexibility index (Phi) is 6.19. The molecule has 3 rings (SSSR count). The maximum Gasteiger partial charge on any atom is 0.238 e. The van der Waals surface area contributed by atoms with E-state index >= 15 is 0 Å². The lowest BCUT2D eigenvalue weighted by molar-refractivity contribution is -0.123. The molecule has 1 aliphatic heterocycles.